The molecule has 1 aromatic carbocycles. The number of imidazole rings is 1. The van der Waals surface area contributed by atoms with Crippen molar-refractivity contribution in [2.45, 2.75) is 26.0 Å². The lowest BCUT2D eigenvalue weighted by molar-refractivity contribution is 0.175. The van der Waals surface area contributed by atoms with Crippen molar-refractivity contribution in [2.75, 3.05) is 13.7 Å². The number of hydrogen-bond donors (Lipinski definition) is 1. The second-order valence-corrected chi connectivity index (χ2v) is 4.66. The number of fused-ring (bicyclic) bond motifs is 1. The molecule has 0 fully saturated rings. The van der Waals surface area contributed by atoms with E-state index in [9.17, 15) is 5.11 Å². The molecule has 0 amide bonds. The van der Waals surface area contributed by atoms with Gasteiger partial charge in [-0.25, -0.2) is 4.98 Å². The van der Waals surface area contributed by atoms with Gasteiger partial charge in [0.15, 0.2) is 0 Å². The molecule has 18 heavy (non-hydrogen) atoms. The maximum atomic E-state index is 9.80. The summed E-state index contributed by atoms with van der Waals surface area (Å²) >= 11 is 6.22. The number of hydrogen-bond acceptors (Lipinski definition) is 3. The van der Waals surface area contributed by atoms with Crippen LogP contribution in [0.5, 0.6) is 0 Å². The van der Waals surface area contributed by atoms with Gasteiger partial charge in [0, 0.05) is 20.3 Å². The zero-order valence-corrected chi connectivity index (χ0v) is 11.3. The molecule has 5 heteroatoms. The average molecular weight is 269 g/mol. The van der Waals surface area contributed by atoms with Gasteiger partial charge in [-0.3, -0.25) is 0 Å². The van der Waals surface area contributed by atoms with Crippen molar-refractivity contribution in [2.24, 2.45) is 0 Å². The second kappa shape index (κ2) is 5.69. The molecule has 1 heterocycles. The first-order chi connectivity index (χ1) is 8.65. The number of ether oxygens (including phenoxy) is 1. The summed E-state index contributed by atoms with van der Waals surface area (Å²) in [5, 5.41) is 10.5. The quantitative estimate of drug-likeness (QED) is 0.849. The highest BCUT2D eigenvalue weighted by Gasteiger charge is 2.16. The maximum Gasteiger partial charge on any atom is 0.138 e. The zero-order valence-electron chi connectivity index (χ0n) is 10.6. The van der Waals surface area contributed by atoms with Crippen LogP contribution in [0.2, 0.25) is 5.02 Å². The average Bonchev–Trinajstić information content (AvgIpc) is 2.70. The minimum atomic E-state index is -0.615. The van der Waals surface area contributed by atoms with E-state index in [2.05, 4.69) is 4.98 Å². The topological polar surface area (TPSA) is 47.3 Å². The lowest BCUT2D eigenvalue weighted by Gasteiger charge is -2.11. The summed E-state index contributed by atoms with van der Waals surface area (Å²) in [6.07, 6.45) is 0.239. The predicted molar refractivity (Wildman–Crippen MR) is 71.9 cm³/mol. The van der Waals surface area contributed by atoms with E-state index in [1.807, 2.05) is 22.8 Å². The highest BCUT2D eigenvalue weighted by molar-refractivity contribution is 6.35. The highest BCUT2D eigenvalue weighted by Crippen LogP contribution is 2.27. The summed E-state index contributed by atoms with van der Waals surface area (Å²) in [6, 6.07) is 5.60. The number of para-hydroxylation sites is 1. The van der Waals surface area contributed by atoms with Crippen molar-refractivity contribution in [1.82, 2.24) is 9.55 Å². The lowest BCUT2D eigenvalue weighted by atomic mass is 10.3. The number of aryl methyl sites for hydroxylation is 1. The number of benzene rings is 1. The molecule has 1 atom stereocenters. The Morgan fingerprint density at radius 3 is 2.94 bits per heavy atom. The Bertz CT molecular complexity index is 537. The van der Waals surface area contributed by atoms with E-state index in [1.54, 1.807) is 14.0 Å². The third-order valence-corrected chi connectivity index (χ3v) is 3.16. The van der Waals surface area contributed by atoms with Gasteiger partial charge in [0.1, 0.15) is 11.9 Å². The molecule has 0 spiro atoms. The molecule has 0 aliphatic heterocycles. The summed E-state index contributed by atoms with van der Waals surface area (Å²) in [6.45, 7) is 3.11. The van der Waals surface area contributed by atoms with E-state index in [0.717, 1.165) is 24.0 Å². The van der Waals surface area contributed by atoms with Crippen LogP contribution in [-0.4, -0.2) is 28.4 Å². The van der Waals surface area contributed by atoms with Gasteiger partial charge in [-0.2, -0.15) is 0 Å². The molecule has 2 rings (SSSR count). The fourth-order valence-electron chi connectivity index (χ4n) is 2.07. The minimum absolute atomic E-state index is 0.615. The van der Waals surface area contributed by atoms with Crippen LogP contribution in [0.25, 0.3) is 11.0 Å². The lowest BCUT2D eigenvalue weighted by Crippen LogP contribution is -2.08. The third kappa shape index (κ3) is 2.51. The first-order valence-corrected chi connectivity index (χ1v) is 6.34. The van der Waals surface area contributed by atoms with Gasteiger partial charge in [-0.1, -0.05) is 17.7 Å². The van der Waals surface area contributed by atoms with Crippen LogP contribution in [0, 0.1) is 0 Å². The van der Waals surface area contributed by atoms with Gasteiger partial charge in [-0.05, 0) is 25.5 Å². The monoisotopic (exact) mass is 268 g/mol. The molecule has 0 aliphatic carbocycles. The SMILES string of the molecule is COCCCn1c(C(C)O)nc2cccc(Cl)c21. The molecule has 0 radical (unpaired) electrons. The standard InChI is InChI=1S/C13H17ClN2O2/c1-9(17)13-15-11-6-3-5-10(14)12(11)16(13)7-4-8-18-2/h3,5-6,9,17H,4,7-8H2,1-2H3. The Kier molecular flexibility index (Phi) is 4.22. The van der Waals surface area contributed by atoms with Gasteiger partial charge >= 0.3 is 0 Å². The van der Waals surface area contributed by atoms with Gasteiger partial charge in [0.05, 0.1) is 16.1 Å². The molecule has 4 nitrogen and oxygen atoms in total. The molecular formula is C13H17ClN2O2. The molecule has 0 aliphatic rings. The number of rotatable bonds is 5. The Hall–Kier alpha value is -1.10. The van der Waals surface area contributed by atoms with Crippen LogP contribution in [0.1, 0.15) is 25.3 Å². The van der Waals surface area contributed by atoms with Gasteiger partial charge < -0.3 is 14.4 Å². The molecule has 1 aromatic heterocycles. The molecule has 0 bridgehead atoms. The third-order valence-electron chi connectivity index (χ3n) is 2.85. The number of aromatic nitrogens is 2. The van der Waals surface area contributed by atoms with E-state index in [0.29, 0.717) is 17.5 Å². The van der Waals surface area contributed by atoms with E-state index in [4.69, 9.17) is 16.3 Å². The van der Waals surface area contributed by atoms with Crippen LogP contribution in [0.15, 0.2) is 18.2 Å². The Morgan fingerprint density at radius 1 is 1.50 bits per heavy atom. The Labute approximate surface area is 111 Å². The van der Waals surface area contributed by atoms with Gasteiger partial charge in [0.2, 0.25) is 0 Å². The van der Waals surface area contributed by atoms with Crippen LogP contribution in [0.4, 0.5) is 0 Å². The van der Waals surface area contributed by atoms with Crippen LogP contribution in [0.3, 0.4) is 0 Å². The Balaban J connectivity index is 2.47. The van der Waals surface area contributed by atoms with Crippen LogP contribution < -0.4 is 0 Å². The number of aliphatic hydroxyl groups is 1. The predicted octanol–water partition coefficient (Wildman–Crippen LogP) is 2.78. The molecule has 0 saturated carbocycles. The second-order valence-electron chi connectivity index (χ2n) is 4.25. The minimum Gasteiger partial charge on any atom is -0.385 e. The largest absolute Gasteiger partial charge is 0.385 e. The summed E-state index contributed by atoms with van der Waals surface area (Å²) in [5.41, 5.74) is 1.70. The van der Waals surface area contributed by atoms with E-state index in [1.165, 1.54) is 0 Å². The van der Waals surface area contributed by atoms with Crippen LogP contribution >= 0.6 is 11.6 Å². The summed E-state index contributed by atoms with van der Waals surface area (Å²) in [4.78, 5) is 4.44. The fraction of sp³-hybridized carbons (Fsp3) is 0.462. The molecular weight excluding hydrogens is 252 g/mol. The van der Waals surface area contributed by atoms with E-state index in [-0.39, 0.29) is 0 Å². The number of nitrogens with zero attached hydrogens (tertiary/aromatic N) is 2. The summed E-state index contributed by atoms with van der Waals surface area (Å²) in [7, 11) is 1.68. The Morgan fingerprint density at radius 2 is 2.28 bits per heavy atom. The van der Waals surface area contributed by atoms with Crippen molar-refractivity contribution in [3.05, 3.63) is 29.0 Å². The normalized spacial score (nSPS) is 13.1. The van der Waals surface area contributed by atoms with Crippen molar-refractivity contribution in [1.29, 1.82) is 0 Å². The molecule has 98 valence electrons. The molecule has 2 aromatic rings. The first-order valence-electron chi connectivity index (χ1n) is 5.96. The maximum absolute atomic E-state index is 9.80. The van der Waals surface area contributed by atoms with Crippen molar-refractivity contribution in [3.8, 4) is 0 Å². The summed E-state index contributed by atoms with van der Waals surface area (Å²) in [5.74, 6) is 0.647. The zero-order chi connectivity index (χ0) is 13.1. The number of methoxy groups -OCH3 is 1. The number of halogens is 1. The fourth-order valence-corrected chi connectivity index (χ4v) is 2.34. The smallest absolute Gasteiger partial charge is 0.138 e. The van der Waals surface area contributed by atoms with Crippen molar-refractivity contribution in [3.63, 3.8) is 0 Å². The van der Waals surface area contributed by atoms with Gasteiger partial charge in [-0.15, -0.1) is 0 Å². The van der Waals surface area contributed by atoms with Gasteiger partial charge in [0.25, 0.3) is 0 Å². The van der Waals surface area contributed by atoms with E-state index < -0.39 is 6.10 Å². The van der Waals surface area contributed by atoms with Crippen molar-refractivity contribution < 1.29 is 9.84 Å². The molecule has 0 saturated heterocycles. The van der Waals surface area contributed by atoms with Crippen LogP contribution in [-0.2, 0) is 11.3 Å². The molecule has 1 N–H and O–H groups in total. The molecule has 1 unspecified atom stereocenters. The van der Waals surface area contributed by atoms with Crippen molar-refractivity contribution >= 4 is 22.6 Å². The highest BCUT2D eigenvalue weighted by atomic mass is 35.5. The number of aliphatic hydroxyl groups excluding tert-OH is 1. The summed E-state index contributed by atoms with van der Waals surface area (Å²) < 4.78 is 7.03. The van der Waals surface area contributed by atoms with E-state index >= 15 is 0 Å². The first kappa shape index (κ1) is 13.3.